The standard InChI is InChI=1S/C22H24N4O/c1-16(17-7-5-4-6-8-17)24-22(27)18-9-14-21(23-15-18)25-19-10-12-20(13-11-19)26(2)3/h4-16H,1-3H3,(H,23,25)(H,24,27). The minimum absolute atomic E-state index is 0.0632. The molecule has 138 valence electrons. The van der Waals surface area contributed by atoms with E-state index in [4.69, 9.17) is 0 Å². The van der Waals surface area contributed by atoms with Crippen molar-refractivity contribution in [3.8, 4) is 0 Å². The van der Waals surface area contributed by atoms with Gasteiger partial charge >= 0.3 is 0 Å². The van der Waals surface area contributed by atoms with Crippen LogP contribution in [0, 0.1) is 0 Å². The van der Waals surface area contributed by atoms with Crippen molar-refractivity contribution in [2.45, 2.75) is 13.0 Å². The molecule has 3 aromatic rings. The van der Waals surface area contributed by atoms with Gasteiger partial charge in [0.2, 0.25) is 0 Å². The zero-order chi connectivity index (χ0) is 19.2. The van der Waals surface area contributed by atoms with Crippen molar-refractivity contribution in [3.63, 3.8) is 0 Å². The number of hydrogen-bond donors (Lipinski definition) is 2. The molecule has 0 saturated heterocycles. The van der Waals surface area contributed by atoms with Gasteiger partial charge in [0.15, 0.2) is 0 Å². The molecular weight excluding hydrogens is 336 g/mol. The first kappa shape index (κ1) is 18.5. The van der Waals surface area contributed by atoms with Crippen molar-refractivity contribution < 1.29 is 4.79 Å². The fourth-order valence-electron chi connectivity index (χ4n) is 2.70. The molecule has 0 aliphatic heterocycles. The van der Waals surface area contributed by atoms with E-state index >= 15 is 0 Å². The second kappa shape index (κ2) is 8.36. The third-order valence-corrected chi connectivity index (χ3v) is 4.33. The van der Waals surface area contributed by atoms with Crippen LogP contribution in [0.1, 0.15) is 28.9 Å². The summed E-state index contributed by atoms with van der Waals surface area (Å²) in [5.41, 5.74) is 3.68. The molecule has 0 saturated carbocycles. The second-order valence-electron chi connectivity index (χ2n) is 6.60. The molecule has 3 rings (SSSR count). The molecule has 0 fully saturated rings. The zero-order valence-corrected chi connectivity index (χ0v) is 15.8. The quantitative estimate of drug-likeness (QED) is 0.685. The van der Waals surface area contributed by atoms with Gasteiger partial charge in [-0.05, 0) is 48.9 Å². The number of pyridine rings is 1. The molecule has 0 aliphatic rings. The van der Waals surface area contributed by atoms with Crippen molar-refractivity contribution in [1.82, 2.24) is 10.3 Å². The zero-order valence-electron chi connectivity index (χ0n) is 15.8. The lowest BCUT2D eigenvalue weighted by Gasteiger charge is -2.15. The molecule has 0 radical (unpaired) electrons. The lowest BCUT2D eigenvalue weighted by molar-refractivity contribution is 0.0939. The van der Waals surface area contributed by atoms with E-state index in [1.54, 1.807) is 12.3 Å². The molecule has 5 heteroatoms. The average molecular weight is 360 g/mol. The van der Waals surface area contributed by atoms with Gasteiger partial charge in [0.1, 0.15) is 5.82 Å². The lowest BCUT2D eigenvalue weighted by atomic mass is 10.1. The summed E-state index contributed by atoms with van der Waals surface area (Å²) in [5, 5.41) is 6.24. The summed E-state index contributed by atoms with van der Waals surface area (Å²) in [5.74, 6) is 0.556. The molecular formula is C22H24N4O. The van der Waals surface area contributed by atoms with E-state index in [1.807, 2.05) is 86.6 Å². The van der Waals surface area contributed by atoms with Crippen molar-refractivity contribution in [1.29, 1.82) is 0 Å². The number of anilines is 3. The molecule has 1 amide bonds. The monoisotopic (exact) mass is 360 g/mol. The highest BCUT2D eigenvalue weighted by Gasteiger charge is 2.11. The highest BCUT2D eigenvalue weighted by Crippen LogP contribution is 2.19. The first-order valence-corrected chi connectivity index (χ1v) is 8.89. The predicted molar refractivity (Wildman–Crippen MR) is 111 cm³/mol. The van der Waals surface area contributed by atoms with Gasteiger partial charge < -0.3 is 15.5 Å². The minimum atomic E-state index is -0.138. The SMILES string of the molecule is CC(NC(=O)c1ccc(Nc2ccc(N(C)C)cc2)nc1)c1ccccc1. The average Bonchev–Trinajstić information content (AvgIpc) is 2.69. The van der Waals surface area contributed by atoms with E-state index in [2.05, 4.69) is 15.6 Å². The predicted octanol–water partition coefficient (Wildman–Crippen LogP) is 4.38. The maximum absolute atomic E-state index is 12.4. The molecule has 1 heterocycles. The van der Waals surface area contributed by atoms with Crippen LogP contribution < -0.4 is 15.5 Å². The van der Waals surface area contributed by atoms with E-state index in [0.29, 0.717) is 11.4 Å². The van der Waals surface area contributed by atoms with Gasteiger partial charge in [-0.2, -0.15) is 0 Å². The first-order valence-electron chi connectivity index (χ1n) is 8.89. The van der Waals surface area contributed by atoms with Crippen LogP contribution in [-0.4, -0.2) is 25.0 Å². The third kappa shape index (κ3) is 4.85. The van der Waals surface area contributed by atoms with Crippen LogP contribution in [0.2, 0.25) is 0 Å². The second-order valence-corrected chi connectivity index (χ2v) is 6.60. The molecule has 2 aromatic carbocycles. The van der Waals surface area contributed by atoms with E-state index < -0.39 is 0 Å². The number of amides is 1. The Morgan fingerprint density at radius 3 is 2.26 bits per heavy atom. The Balaban J connectivity index is 1.61. The van der Waals surface area contributed by atoms with Crippen LogP contribution in [0.5, 0.6) is 0 Å². The van der Waals surface area contributed by atoms with Crippen LogP contribution in [0.15, 0.2) is 72.9 Å². The number of rotatable bonds is 6. The smallest absolute Gasteiger partial charge is 0.253 e. The Hall–Kier alpha value is -3.34. The Morgan fingerprint density at radius 2 is 1.67 bits per heavy atom. The number of nitrogens with zero attached hydrogens (tertiary/aromatic N) is 2. The summed E-state index contributed by atoms with van der Waals surface area (Å²) in [6.45, 7) is 1.97. The molecule has 0 spiro atoms. The minimum Gasteiger partial charge on any atom is -0.378 e. The van der Waals surface area contributed by atoms with Crippen LogP contribution in [0.3, 0.4) is 0 Å². The van der Waals surface area contributed by atoms with Gasteiger partial charge in [0.25, 0.3) is 5.91 Å². The Labute approximate surface area is 160 Å². The van der Waals surface area contributed by atoms with Gasteiger partial charge in [-0.1, -0.05) is 30.3 Å². The summed E-state index contributed by atoms with van der Waals surface area (Å²) < 4.78 is 0. The van der Waals surface area contributed by atoms with Crippen LogP contribution >= 0.6 is 0 Å². The first-order chi connectivity index (χ1) is 13.0. The van der Waals surface area contributed by atoms with Crippen LogP contribution in [0.4, 0.5) is 17.2 Å². The van der Waals surface area contributed by atoms with E-state index in [-0.39, 0.29) is 11.9 Å². The van der Waals surface area contributed by atoms with E-state index in [9.17, 15) is 4.79 Å². The van der Waals surface area contributed by atoms with Gasteiger partial charge in [-0.3, -0.25) is 4.79 Å². The Bertz CT molecular complexity index is 874. The van der Waals surface area contributed by atoms with Gasteiger partial charge in [0.05, 0.1) is 11.6 Å². The molecule has 0 aliphatic carbocycles. The number of carbonyl (C=O) groups excluding carboxylic acids is 1. The summed E-state index contributed by atoms with van der Waals surface area (Å²) in [4.78, 5) is 18.8. The van der Waals surface area contributed by atoms with E-state index in [1.165, 1.54) is 0 Å². The number of aromatic nitrogens is 1. The molecule has 27 heavy (non-hydrogen) atoms. The normalized spacial score (nSPS) is 11.5. The fraction of sp³-hybridized carbons (Fsp3) is 0.182. The Morgan fingerprint density at radius 1 is 0.963 bits per heavy atom. The summed E-state index contributed by atoms with van der Waals surface area (Å²) in [7, 11) is 4.01. The largest absolute Gasteiger partial charge is 0.378 e. The topological polar surface area (TPSA) is 57.3 Å². The van der Waals surface area contributed by atoms with Crippen molar-refractivity contribution in [2.24, 2.45) is 0 Å². The van der Waals surface area contributed by atoms with Gasteiger partial charge in [-0.25, -0.2) is 4.98 Å². The highest BCUT2D eigenvalue weighted by atomic mass is 16.1. The van der Waals surface area contributed by atoms with Gasteiger partial charge in [-0.15, -0.1) is 0 Å². The van der Waals surface area contributed by atoms with Crippen LogP contribution in [-0.2, 0) is 0 Å². The van der Waals surface area contributed by atoms with Crippen molar-refractivity contribution >= 4 is 23.1 Å². The number of benzene rings is 2. The molecule has 0 bridgehead atoms. The summed E-state index contributed by atoms with van der Waals surface area (Å²) in [6, 6.07) is 21.5. The van der Waals surface area contributed by atoms with Crippen molar-refractivity contribution in [2.75, 3.05) is 24.3 Å². The van der Waals surface area contributed by atoms with Crippen molar-refractivity contribution in [3.05, 3.63) is 84.1 Å². The summed E-state index contributed by atoms with van der Waals surface area (Å²) >= 11 is 0. The number of carbonyl (C=O) groups is 1. The number of nitrogens with one attached hydrogen (secondary N) is 2. The maximum Gasteiger partial charge on any atom is 0.253 e. The fourth-order valence-corrected chi connectivity index (χ4v) is 2.70. The summed E-state index contributed by atoms with van der Waals surface area (Å²) in [6.07, 6.45) is 1.59. The molecule has 1 unspecified atom stereocenters. The van der Waals surface area contributed by atoms with Gasteiger partial charge in [0, 0.05) is 31.7 Å². The molecule has 5 nitrogen and oxygen atoms in total. The van der Waals surface area contributed by atoms with E-state index in [0.717, 1.165) is 16.9 Å². The molecule has 1 atom stereocenters. The Kier molecular flexibility index (Phi) is 5.71. The van der Waals surface area contributed by atoms with Crippen LogP contribution in [0.25, 0.3) is 0 Å². The molecule has 1 aromatic heterocycles. The molecule has 2 N–H and O–H groups in total. The number of hydrogen-bond acceptors (Lipinski definition) is 4. The maximum atomic E-state index is 12.4. The lowest BCUT2D eigenvalue weighted by Crippen LogP contribution is -2.26. The highest BCUT2D eigenvalue weighted by molar-refractivity contribution is 5.94. The third-order valence-electron chi connectivity index (χ3n) is 4.33.